The molecule has 0 aliphatic rings. The molecule has 6 nitrogen and oxygen atoms in total. The highest BCUT2D eigenvalue weighted by Crippen LogP contribution is 2.23. The second-order valence-corrected chi connectivity index (χ2v) is 7.15. The second-order valence-electron chi connectivity index (χ2n) is 7.15. The zero-order valence-electron chi connectivity index (χ0n) is 17.2. The van der Waals surface area contributed by atoms with Crippen molar-refractivity contribution in [2.75, 3.05) is 10.6 Å². The Bertz CT molecular complexity index is 1290. The van der Waals surface area contributed by atoms with E-state index in [2.05, 4.69) is 30.8 Å². The molecular weight excluding hydrogens is 396 g/mol. The van der Waals surface area contributed by atoms with E-state index in [1.54, 1.807) is 6.33 Å². The largest absolute Gasteiger partial charge is 0.340 e. The summed E-state index contributed by atoms with van der Waals surface area (Å²) in [5.74, 6) is 1.43. The molecule has 2 N–H and O–H groups in total. The van der Waals surface area contributed by atoms with Crippen molar-refractivity contribution in [3.05, 3.63) is 109 Å². The van der Waals surface area contributed by atoms with Crippen LogP contribution in [0.5, 0.6) is 0 Å². The van der Waals surface area contributed by atoms with Crippen molar-refractivity contribution in [3.8, 4) is 22.5 Å². The van der Waals surface area contributed by atoms with Crippen molar-refractivity contribution < 1.29 is 0 Å². The van der Waals surface area contributed by atoms with Crippen LogP contribution in [0, 0.1) is 0 Å². The third-order valence-corrected chi connectivity index (χ3v) is 4.90. The Labute approximate surface area is 186 Å². The third-order valence-electron chi connectivity index (χ3n) is 4.90. The molecule has 6 heteroatoms. The summed E-state index contributed by atoms with van der Waals surface area (Å²) in [7, 11) is 0. The highest BCUT2D eigenvalue weighted by Gasteiger charge is 2.04. The fourth-order valence-corrected chi connectivity index (χ4v) is 3.29. The van der Waals surface area contributed by atoms with Crippen LogP contribution in [0.1, 0.15) is 0 Å². The first kappa shape index (κ1) is 19.4. The van der Waals surface area contributed by atoms with Gasteiger partial charge in [-0.3, -0.25) is 0 Å². The molecule has 3 aromatic carbocycles. The molecule has 0 saturated carbocycles. The van der Waals surface area contributed by atoms with Crippen LogP contribution in [0.3, 0.4) is 0 Å². The Morgan fingerprint density at radius 3 is 1.66 bits per heavy atom. The molecule has 0 atom stereocenters. The summed E-state index contributed by atoms with van der Waals surface area (Å²) in [5, 5.41) is 15.2. The Morgan fingerprint density at radius 2 is 1.06 bits per heavy atom. The summed E-state index contributed by atoms with van der Waals surface area (Å²) < 4.78 is 0. The van der Waals surface area contributed by atoms with E-state index in [1.165, 1.54) is 0 Å². The number of nitrogens with one attached hydrogen (secondary N) is 2. The molecule has 5 aromatic rings. The first-order valence-electron chi connectivity index (χ1n) is 10.2. The lowest BCUT2D eigenvalue weighted by Crippen LogP contribution is -1.98. The van der Waals surface area contributed by atoms with Gasteiger partial charge >= 0.3 is 0 Å². The predicted octanol–water partition coefficient (Wildman–Crippen LogP) is 6.09. The Kier molecular flexibility index (Phi) is 5.49. The first-order valence-corrected chi connectivity index (χ1v) is 10.2. The molecule has 32 heavy (non-hydrogen) atoms. The number of hydrogen-bond donors (Lipinski definition) is 2. The van der Waals surface area contributed by atoms with Crippen molar-refractivity contribution in [1.82, 2.24) is 20.2 Å². The summed E-state index contributed by atoms with van der Waals surface area (Å²) >= 11 is 0. The molecule has 2 heterocycles. The van der Waals surface area contributed by atoms with Crippen LogP contribution >= 0.6 is 0 Å². The Morgan fingerprint density at radius 1 is 0.469 bits per heavy atom. The highest BCUT2D eigenvalue weighted by atomic mass is 15.2. The van der Waals surface area contributed by atoms with Crippen LogP contribution in [0.2, 0.25) is 0 Å². The van der Waals surface area contributed by atoms with E-state index >= 15 is 0 Å². The molecule has 0 aliphatic heterocycles. The average molecular weight is 416 g/mol. The van der Waals surface area contributed by atoms with Crippen LogP contribution in [-0.4, -0.2) is 20.2 Å². The zero-order valence-corrected chi connectivity index (χ0v) is 17.2. The Balaban J connectivity index is 1.25. The maximum Gasteiger partial charge on any atom is 0.153 e. The topological polar surface area (TPSA) is 75.6 Å². The number of hydrogen-bond acceptors (Lipinski definition) is 6. The molecule has 0 radical (unpaired) electrons. The van der Waals surface area contributed by atoms with E-state index in [0.717, 1.165) is 39.7 Å². The molecule has 0 bridgehead atoms. The van der Waals surface area contributed by atoms with Gasteiger partial charge in [0.1, 0.15) is 12.1 Å². The summed E-state index contributed by atoms with van der Waals surface area (Å²) in [6, 6.07) is 33.8. The minimum absolute atomic E-state index is 0.689. The number of aromatic nitrogens is 4. The molecule has 0 amide bonds. The van der Waals surface area contributed by atoms with Gasteiger partial charge in [-0.05, 0) is 36.4 Å². The number of nitrogens with zero attached hydrogens (tertiary/aromatic N) is 4. The van der Waals surface area contributed by atoms with Gasteiger partial charge in [0.05, 0.1) is 11.4 Å². The van der Waals surface area contributed by atoms with Crippen molar-refractivity contribution in [2.24, 2.45) is 0 Å². The van der Waals surface area contributed by atoms with Crippen molar-refractivity contribution in [2.45, 2.75) is 0 Å². The smallest absolute Gasteiger partial charge is 0.153 e. The lowest BCUT2D eigenvalue weighted by atomic mass is 10.1. The van der Waals surface area contributed by atoms with Gasteiger partial charge in [0.2, 0.25) is 0 Å². The lowest BCUT2D eigenvalue weighted by molar-refractivity contribution is 1.04. The van der Waals surface area contributed by atoms with Gasteiger partial charge < -0.3 is 10.6 Å². The number of anilines is 4. The van der Waals surface area contributed by atoms with Crippen LogP contribution in [0.4, 0.5) is 23.0 Å². The molecule has 2 aromatic heterocycles. The third kappa shape index (κ3) is 4.60. The summed E-state index contributed by atoms with van der Waals surface area (Å²) in [4.78, 5) is 8.69. The van der Waals surface area contributed by atoms with Gasteiger partial charge in [-0.25, -0.2) is 9.97 Å². The van der Waals surface area contributed by atoms with Crippen LogP contribution < -0.4 is 10.6 Å². The van der Waals surface area contributed by atoms with E-state index in [9.17, 15) is 0 Å². The zero-order chi connectivity index (χ0) is 21.6. The SMILES string of the molecule is c1ccc(-c2cc(Nc3ccc(Nc4ccc(-c5ccccc5)nn4)cc3)ncn2)cc1. The van der Waals surface area contributed by atoms with Crippen LogP contribution in [-0.2, 0) is 0 Å². The van der Waals surface area contributed by atoms with Crippen molar-refractivity contribution in [3.63, 3.8) is 0 Å². The van der Waals surface area contributed by atoms with Crippen molar-refractivity contribution >= 4 is 23.0 Å². The lowest BCUT2D eigenvalue weighted by Gasteiger charge is -2.09. The number of rotatable bonds is 6. The first-order chi connectivity index (χ1) is 15.8. The van der Waals surface area contributed by atoms with Gasteiger partial charge in [0, 0.05) is 28.6 Å². The fourth-order valence-electron chi connectivity index (χ4n) is 3.29. The Hall–Kier alpha value is -4.58. The molecule has 5 rings (SSSR count). The normalized spacial score (nSPS) is 10.5. The van der Waals surface area contributed by atoms with Gasteiger partial charge in [0.25, 0.3) is 0 Å². The van der Waals surface area contributed by atoms with E-state index in [1.807, 2.05) is 103 Å². The number of benzene rings is 3. The highest BCUT2D eigenvalue weighted by molar-refractivity contribution is 5.67. The minimum atomic E-state index is 0.689. The second kappa shape index (κ2) is 9.06. The van der Waals surface area contributed by atoms with Crippen LogP contribution in [0.15, 0.2) is 109 Å². The van der Waals surface area contributed by atoms with Gasteiger partial charge in [-0.2, -0.15) is 0 Å². The molecule has 0 fully saturated rings. The predicted molar refractivity (Wildman–Crippen MR) is 128 cm³/mol. The summed E-state index contributed by atoms with van der Waals surface area (Å²) in [6.07, 6.45) is 1.57. The molecule has 0 unspecified atom stereocenters. The quantitative estimate of drug-likeness (QED) is 0.349. The maximum atomic E-state index is 4.36. The van der Waals surface area contributed by atoms with Crippen LogP contribution in [0.25, 0.3) is 22.5 Å². The van der Waals surface area contributed by atoms with Gasteiger partial charge in [0.15, 0.2) is 5.82 Å². The van der Waals surface area contributed by atoms with Gasteiger partial charge in [-0.1, -0.05) is 60.7 Å². The van der Waals surface area contributed by atoms with Gasteiger partial charge in [-0.15, -0.1) is 10.2 Å². The molecule has 0 aliphatic carbocycles. The summed E-state index contributed by atoms with van der Waals surface area (Å²) in [6.45, 7) is 0. The average Bonchev–Trinajstić information content (AvgIpc) is 2.87. The standard InChI is InChI=1S/C26H20N6/c1-3-7-19(8-4-1)23-15-16-25(32-31-23)29-21-11-13-22(14-12-21)30-26-17-24(27-18-28-26)20-9-5-2-6-10-20/h1-18H,(H,29,32)(H,27,28,30). The minimum Gasteiger partial charge on any atom is -0.340 e. The maximum absolute atomic E-state index is 4.36. The molecule has 0 saturated heterocycles. The summed E-state index contributed by atoms with van der Waals surface area (Å²) in [5.41, 5.74) is 5.66. The van der Waals surface area contributed by atoms with E-state index in [-0.39, 0.29) is 0 Å². The monoisotopic (exact) mass is 416 g/mol. The fraction of sp³-hybridized carbons (Fsp3) is 0. The molecule has 0 spiro atoms. The van der Waals surface area contributed by atoms with E-state index in [0.29, 0.717) is 5.82 Å². The molecular formula is C26H20N6. The van der Waals surface area contributed by atoms with E-state index in [4.69, 9.17) is 0 Å². The molecule has 154 valence electrons. The van der Waals surface area contributed by atoms with Crippen molar-refractivity contribution in [1.29, 1.82) is 0 Å². The van der Waals surface area contributed by atoms with E-state index < -0.39 is 0 Å².